The Kier molecular flexibility index (Phi) is 6.03. The van der Waals surface area contributed by atoms with Crippen LogP contribution in [0.3, 0.4) is 0 Å². The zero-order chi connectivity index (χ0) is 14.3. The van der Waals surface area contributed by atoms with Crippen LogP contribution in [0.2, 0.25) is 0 Å². The molecule has 0 radical (unpaired) electrons. The largest absolute Gasteiger partial charge is 0.351 e. The molecule has 0 atom stereocenters. The van der Waals surface area contributed by atoms with E-state index in [4.69, 9.17) is 0 Å². The molecule has 0 spiro atoms. The molecule has 1 aromatic rings. The minimum absolute atomic E-state index is 0.00115. The first-order valence-electron chi connectivity index (χ1n) is 7.04. The summed E-state index contributed by atoms with van der Waals surface area (Å²) in [6.45, 7) is 11.1. The normalized spacial score (nSPS) is 11.4. The van der Waals surface area contributed by atoms with Crippen molar-refractivity contribution in [1.29, 1.82) is 0 Å². The Morgan fingerprint density at radius 3 is 2.21 bits per heavy atom. The van der Waals surface area contributed by atoms with Crippen molar-refractivity contribution in [2.75, 3.05) is 19.6 Å². The SMILES string of the molecule is CCCNCCNC(=O)c1ccc(C(C)(C)C)cc1. The zero-order valence-electron chi connectivity index (χ0n) is 12.5. The molecule has 19 heavy (non-hydrogen) atoms. The number of carbonyl (C=O) groups is 1. The Morgan fingerprint density at radius 2 is 1.68 bits per heavy atom. The molecule has 0 aliphatic carbocycles. The molecule has 1 aromatic carbocycles. The van der Waals surface area contributed by atoms with Crippen LogP contribution in [0.4, 0.5) is 0 Å². The summed E-state index contributed by atoms with van der Waals surface area (Å²) in [7, 11) is 0. The topological polar surface area (TPSA) is 41.1 Å². The standard InChI is InChI=1S/C16H26N2O/c1-5-10-17-11-12-18-15(19)13-6-8-14(9-7-13)16(2,3)4/h6-9,17H,5,10-12H2,1-4H3,(H,18,19). The van der Waals surface area contributed by atoms with Crippen LogP contribution in [0.5, 0.6) is 0 Å². The van der Waals surface area contributed by atoms with E-state index in [1.165, 1.54) is 5.56 Å². The van der Waals surface area contributed by atoms with Gasteiger partial charge in [-0.25, -0.2) is 0 Å². The first-order chi connectivity index (χ1) is 8.95. The van der Waals surface area contributed by atoms with Crippen LogP contribution in [0.25, 0.3) is 0 Å². The first-order valence-corrected chi connectivity index (χ1v) is 7.04. The predicted molar refractivity (Wildman–Crippen MR) is 80.6 cm³/mol. The minimum atomic E-state index is -0.00115. The van der Waals surface area contributed by atoms with Crippen molar-refractivity contribution in [3.8, 4) is 0 Å². The quantitative estimate of drug-likeness (QED) is 0.774. The molecule has 1 rings (SSSR count). The summed E-state index contributed by atoms with van der Waals surface area (Å²) in [4.78, 5) is 11.9. The van der Waals surface area contributed by atoms with E-state index in [0.717, 1.165) is 25.1 Å². The molecule has 0 fully saturated rings. The fourth-order valence-corrected chi connectivity index (χ4v) is 1.79. The van der Waals surface area contributed by atoms with Crippen molar-refractivity contribution in [2.45, 2.75) is 39.5 Å². The van der Waals surface area contributed by atoms with Crippen molar-refractivity contribution in [3.63, 3.8) is 0 Å². The Morgan fingerprint density at radius 1 is 1.05 bits per heavy atom. The third kappa shape index (κ3) is 5.43. The van der Waals surface area contributed by atoms with E-state index in [-0.39, 0.29) is 11.3 Å². The number of rotatable bonds is 6. The second-order valence-electron chi connectivity index (χ2n) is 5.83. The van der Waals surface area contributed by atoms with Gasteiger partial charge in [0.05, 0.1) is 0 Å². The van der Waals surface area contributed by atoms with Gasteiger partial charge in [-0.05, 0) is 36.1 Å². The maximum absolute atomic E-state index is 11.9. The number of benzene rings is 1. The monoisotopic (exact) mass is 262 g/mol. The van der Waals surface area contributed by atoms with Gasteiger partial charge in [0, 0.05) is 18.7 Å². The molecule has 3 heteroatoms. The van der Waals surface area contributed by atoms with Crippen LogP contribution >= 0.6 is 0 Å². The lowest BCUT2D eigenvalue weighted by molar-refractivity contribution is 0.0954. The van der Waals surface area contributed by atoms with Gasteiger partial charge >= 0.3 is 0 Å². The van der Waals surface area contributed by atoms with Gasteiger partial charge < -0.3 is 10.6 Å². The van der Waals surface area contributed by atoms with Crippen molar-refractivity contribution in [2.24, 2.45) is 0 Å². The lowest BCUT2D eigenvalue weighted by Crippen LogP contribution is -2.32. The predicted octanol–water partition coefficient (Wildman–Crippen LogP) is 2.71. The lowest BCUT2D eigenvalue weighted by Gasteiger charge is -2.19. The third-order valence-corrected chi connectivity index (χ3v) is 3.03. The molecule has 2 N–H and O–H groups in total. The van der Waals surface area contributed by atoms with Crippen LogP contribution in [0.1, 0.15) is 50.0 Å². The molecule has 0 heterocycles. The third-order valence-electron chi connectivity index (χ3n) is 3.03. The van der Waals surface area contributed by atoms with Gasteiger partial charge in [0.2, 0.25) is 0 Å². The highest BCUT2D eigenvalue weighted by molar-refractivity contribution is 5.94. The van der Waals surface area contributed by atoms with Gasteiger partial charge in [-0.1, -0.05) is 39.8 Å². The summed E-state index contributed by atoms with van der Waals surface area (Å²) in [5.41, 5.74) is 2.09. The smallest absolute Gasteiger partial charge is 0.251 e. The van der Waals surface area contributed by atoms with Gasteiger partial charge in [-0.2, -0.15) is 0 Å². The fourth-order valence-electron chi connectivity index (χ4n) is 1.79. The van der Waals surface area contributed by atoms with Crippen LogP contribution in [0, 0.1) is 0 Å². The van der Waals surface area contributed by atoms with Crippen LogP contribution in [-0.2, 0) is 5.41 Å². The average molecular weight is 262 g/mol. The van der Waals surface area contributed by atoms with E-state index in [9.17, 15) is 4.79 Å². The Labute approximate surface area is 116 Å². The molecule has 0 aliphatic heterocycles. The maximum atomic E-state index is 11.9. The summed E-state index contributed by atoms with van der Waals surface area (Å²) in [6, 6.07) is 7.86. The van der Waals surface area contributed by atoms with E-state index in [2.05, 4.69) is 38.3 Å². The summed E-state index contributed by atoms with van der Waals surface area (Å²) >= 11 is 0. The summed E-state index contributed by atoms with van der Waals surface area (Å²) in [6.07, 6.45) is 1.11. The molecular weight excluding hydrogens is 236 g/mol. The van der Waals surface area contributed by atoms with Crippen molar-refractivity contribution < 1.29 is 4.79 Å². The molecule has 106 valence electrons. The Hall–Kier alpha value is -1.35. The highest BCUT2D eigenvalue weighted by Gasteiger charge is 2.13. The Balaban J connectivity index is 2.45. The second-order valence-corrected chi connectivity index (χ2v) is 5.83. The molecule has 1 amide bonds. The molecule has 0 bridgehead atoms. The number of hydrogen-bond acceptors (Lipinski definition) is 2. The van der Waals surface area contributed by atoms with E-state index < -0.39 is 0 Å². The van der Waals surface area contributed by atoms with E-state index >= 15 is 0 Å². The molecule has 0 aromatic heterocycles. The zero-order valence-corrected chi connectivity index (χ0v) is 12.5. The highest BCUT2D eigenvalue weighted by atomic mass is 16.1. The number of amides is 1. The number of carbonyl (C=O) groups excluding carboxylic acids is 1. The summed E-state index contributed by atoms with van der Waals surface area (Å²) < 4.78 is 0. The Bertz CT molecular complexity index is 390. The molecule has 0 aliphatic rings. The van der Waals surface area contributed by atoms with Crippen molar-refractivity contribution in [3.05, 3.63) is 35.4 Å². The molecule has 0 saturated heterocycles. The van der Waals surface area contributed by atoms with Crippen LogP contribution in [0.15, 0.2) is 24.3 Å². The first kappa shape index (κ1) is 15.7. The molecule has 3 nitrogen and oxygen atoms in total. The molecule has 0 unspecified atom stereocenters. The molecular formula is C16H26N2O. The van der Waals surface area contributed by atoms with E-state index in [0.29, 0.717) is 6.54 Å². The van der Waals surface area contributed by atoms with E-state index in [1.54, 1.807) is 0 Å². The maximum Gasteiger partial charge on any atom is 0.251 e. The van der Waals surface area contributed by atoms with Crippen molar-refractivity contribution >= 4 is 5.91 Å². The van der Waals surface area contributed by atoms with Crippen LogP contribution in [-0.4, -0.2) is 25.5 Å². The highest BCUT2D eigenvalue weighted by Crippen LogP contribution is 2.22. The van der Waals surface area contributed by atoms with Gasteiger partial charge in [0.25, 0.3) is 5.91 Å². The van der Waals surface area contributed by atoms with Gasteiger partial charge in [-0.3, -0.25) is 4.79 Å². The average Bonchev–Trinajstić information content (AvgIpc) is 2.37. The van der Waals surface area contributed by atoms with Crippen molar-refractivity contribution in [1.82, 2.24) is 10.6 Å². The minimum Gasteiger partial charge on any atom is -0.351 e. The van der Waals surface area contributed by atoms with Gasteiger partial charge in [-0.15, -0.1) is 0 Å². The number of hydrogen-bond donors (Lipinski definition) is 2. The number of nitrogens with one attached hydrogen (secondary N) is 2. The lowest BCUT2D eigenvalue weighted by atomic mass is 9.87. The van der Waals surface area contributed by atoms with Gasteiger partial charge in [0.1, 0.15) is 0 Å². The van der Waals surface area contributed by atoms with Gasteiger partial charge in [0.15, 0.2) is 0 Å². The second kappa shape index (κ2) is 7.29. The summed E-state index contributed by atoms with van der Waals surface area (Å²) in [5.74, 6) is -0.00115. The van der Waals surface area contributed by atoms with E-state index in [1.807, 2.05) is 24.3 Å². The fraction of sp³-hybridized carbons (Fsp3) is 0.562. The summed E-state index contributed by atoms with van der Waals surface area (Å²) in [5, 5.41) is 6.17. The van der Waals surface area contributed by atoms with Crippen LogP contribution < -0.4 is 10.6 Å². The molecule has 0 saturated carbocycles.